The van der Waals surface area contributed by atoms with E-state index in [0.717, 1.165) is 37.1 Å². The molecule has 134 valence electrons. The third-order valence-electron chi connectivity index (χ3n) is 4.69. The van der Waals surface area contributed by atoms with Crippen molar-refractivity contribution in [2.45, 2.75) is 25.3 Å². The summed E-state index contributed by atoms with van der Waals surface area (Å²) in [5.41, 5.74) is 1.63. The van der Waals surface area contributed by atoms with Gasteiger partial charge in [-0.05, 0) is 55.8 Å². The minimum Gasteiger partial charge on any atom is -0.420 e. The Morgan fingerprint density at radius 1 is 1.00 bits per heavy atom. The first-order valence-corrected chi connectivity index (χ1v) is 8.59. The van der Waals surface area contributed by atoms with E-state index in [4.69, 9.17) is 4.42 Å². The number of halogens is 2. The summed E-state index contributed by atoms with van der Waals surface area (Å²) in [5, 5.41) is 8.33. The zero-order chi connectivity index (χ0) is 17.9. The zero-order valence-corrected chi connectivity index (χ0v) is 14.1. The van der Waals surface area contributed by atoms with Crippen molar-refractivity contribution in [1.82, 2.24) is 20.1 Å². The highest BCUT2D eigenvalue weighted by Crippen LogP contribution is 2.29. The first-order valence-electron chi connectivity index (χ1n) is 8.59. The van der Waals surface area contributed by atoms with Gasteiger partial charge in [-0.1, -0.05) is 6.07 Å². The van der Waals surface area contributed by atoms with Crippen molar-refractivity contribution in [2.75, 3.05) is 13.1 Å². The Morgan fingerprint density at radius 2 is 1.77 bits per heavy atom. The molecule has 7 heteroatoms. The molecule has 0 radical (unpaired) electrons. The highest BCUT2D eigenvalue weighted by Gasteiger charge is 2.25. The molecular weight excluding hydrogens is 338 g/mol. The summed E-state index contributed by atoms with van der Waals surface area (Å²) in [6.45, 7) is 2.29. The molecule has 0 saturated carbocycles. The molecule has 4 rings (SSSR count). The van der Waals surface area contributed by atoms with E-state index in [9.17, 15) is 8.78 Å². The lowest BCUT2D eigenvalue weighted by atomic mass is 9.96. The van der Waals surface area contributed by atoms with Crippen LogP contribution in [0.1, 0.15) is 30.2 Å². The second kappa shape index (κ2) is 7.29. The molecule has 0 spiro atoms. The molecule has 3 heterocycles. The predicted octanol–water partition coefficient (Wildman–Crippen LogP) is 3.79. The molecule has 0 unspecified atom stereocenters. The monoisotopic (exact) mass is 356 g/mol. The molecule has 0 atom stereocenters. The maximum absolute atomic E-state index is 13.3. The summed E-state index contributed by atoms with van der Waals surface area (Å²) in [6.07, 6.45) is 5.16. The van der Waals surface area contributed by atoms with Crippen LogP contribution in [0, 0.1) is 11.6 Å². The number of benzene rings is 1. The van der Waals surface area contributed by atoms with Gasteiger partial charge in [0.05, 0.1) is 0 Å². The van der Waals surface area contributed by atoms with Crippen LogP contribution < -0.4 is 0 Å². The fraction of sp³-hybridized carbons (Fsp3) is 0.316. The van der Waals surface area contributed by atoms with Gasteiger partial charge in [-0.3, -0.25) is 9.88 Å². The summed E-state index contributed by atoms with van der Waals surface area (Å²) < 4.78 is 32.2. The van der Waals surface area contributed by atoms with Crippen LogP contribution in [-0.4, -0.2) is 33.2 Å². The Bertz CT molecular complexity index is 876. The Hall–Kier alpha value is -2.67. The third-order valence-corrected chi connectivity index (χ3v) is 4.69. The van der Waals surface area contributed by atoms with Gasteiger partial charge in [0, 0.05) is 30.4 Å². The molecular formula is C19H18F2N4O. The molecule has 0 aliphatic carbocycles. The minimum atomic E-state index is -0.811. The Morgan fingerprint density at radius 3 is 2.50 bits per heavy atom. The fourth-order valence-corrected chi connectivity index (χ4v) is 3.24. The van der Waals surface area contributed by atoms with Crippen molar-refractivity contribution in [2.24, 2.45) is 0 Å². The van der Waals surface area contributed by atoms with Gasteiger partial charge >= 0.3 is 0 Å². The maximum Gasteiger partial charge on any atom is 0.247 e. The lowest BCUT2D eigenvalue weighted by Crippen LogP contribution is -2.32. The van der Waals surface area contributed by atoms with E-state index < -0.39 is 11.6 Å². The fourth-order valence-electron chi connectivity index (χ4n) is 3.24. The van der Waals surface area contributed by atoms with Crippen LogP contribution in [0.5, 0.6) is 0 Å². The number of pyridine rings is 1. The van der Waals surface area contributed by atoms with Crippen molar-refractivity contribution in [3.05, 3.63) is 65.8 Å². The smallest absolute Gasteiger partial charge is 0.247 e. The summed E-state index contributed by atoms with van der Waals surface area (Å²) in [7, 11) is 0. The first-order chi connectivity index (χ1) is 12.7. The highest BCUT2D eigenvalue weighted by atomic mass is 19.2. The Labute approximate surface area is 149 Å². The van der Waals surface area contributed by atoms with Crippen LogP contribution in [-0.2, 0) is 6.54 Å². The first kappa shape index (κ1) is 16.8. The van der Waals surface area contributed by atoms with Crippen molar-refractivity contribution in [3.63, 3.8) is 0 Å². The molecule has 2 aromatic heterocycles. The van der Waals surface area contributed by atoms with Gasteiger partial charge in [-0.15, -0.1) is 10.2 Å². The molecule has 1 saturated heterocycles. The van der Waals surface area contributed by atoms with Gasteiger partial charge in [0.25, 0.3) is 0 Å². The second-order valence-electron chi connectivity index (χ2n) is 6.48. The van der Waals surface area contributed by atoms with E-state index in [-0.39, 0.29) is 5.92 Å². The predicted molar refractivity (Wildman–Crippen MR) is 91.1 cm³/mol. The van der Waals surface area contributed by atoms with Crippen LogP contribution in [0.4, 0.5) is 8.78 Å². The lowest BCUT2D eigenvalue weighted by molar-refractivity contribution is 0.193. The van der Waals surface area contributed by atoms with Gasteiger partial charge in [0.1, 0.15) is 0 Å². The van der Waals surface area contributed by atoms with Crippen LogP contribution >= 0.6 is 0 Å². The van der Waals surface area contributed by atoms with Gasteiger partial charge in [0.2, 0.25) is 11.8 Å². The van der Waals surface area contributed by atoms with E-state index in [1.165, 1.54) is 12.1 Å². The molecule has 1 aliphatic heterocycles. The van der Waals surface area contributed by atoms with Crippen LogP contribution in [0.3, 0.4) is 0 Å². The number of nitrogens with zero attached hydrogens (tertiary/aromatic N) is 4. The van der Waals surface area contributed by atoms with Crippen molar-refractivity contribution in [3.8, 4) is 11.5 Å². The topological polar surface area (TPSA) is 55.1 Å². The second-order valence-corrected chi connectivity index (χ2v) is 6.48. The van der Waals surface area contributed by atoms with E-state index in [1.54, 1.807) is 18.5 Å². The van der Waals surface area contributed by atoms with E-state index >= 15 is 0 Å². The molecule has 5 nitrogen and oxygen atoms in total. The maximum atomic E-state index is 13.3. The van der Waals surface area contributed by atoms with Crippen LogP contribution in [0.2, 0.25) is 0 Å². The van der Waals surface area contributed by atoms with Crippen molar-refractivity contribution >= 4 is 0 Å². The molecule has 3 aromatic rings. The standard InChI is InChI=1S/C19H18F2N4O/c20-16-2-1-13(11-17(16)21)12-25-9-5-15(6-10-25)19-24-23-18(26-19)14-3-7-22-8-4-14/h1-4,7-8,11,15H,5-6,9-10,12H2. The summed E-state index contributed by atoms with van der Waals surface area (Å²) in [4.78, 5) is 6.21. The average Bonchev–Trinajstić information content (AvgIpc) is 3.16. The van der Waals surface area contributed by atoms with E-state index in [0.29, 0.717) is 18.3 Å². The van der Waals surface area contributed by atoms with E-state index in [1.807, 2.05) is 12.1 Å². The molecule has 26 heavy (non-hydrogen) atoms. The highest BCUT2D eigenvalue weighted by molar-refractivity contribution is 5.50. The number of hydrogen-bond donors (Lipinski definition) is 0. The molecule has 0 bridgehead atoms. The van der Waals surface area contributed by atoms with Gasteiger partial charge in [0.15, 0.2) is 11.6 Å². The van der Waals surface area contributed by atoms with Gasteiger partial charge < -0.3 is 4.42 Å². The number of likely N-dealkylation sites (tertiary alicyclic amines) is 1. The van der Waals surface area contributed by atoms with Crippen molar-refractivity contribution in [1.29, 1.82) is 0 Å². The summed E-state index contributed by atoms with van der Waals surface area (Å²) >= 11 is 0. The molecule has 1 aromatic carbocycles. The van der Waals surface area contributed by atoms with Crippen LogP contribution in [0.25, 0.3) is 11.5 Å². The van der Waals surface area contributed by atoms with Crippen molar-refractivity contribution < 1.29 is 13.2 Å². The quantitative estimate of drug-likeness (QED) is 0.712. The van der Waals surface area contributed by atoms with E-state index in [2.05, 4.69) is 20.1 Å². The third kappa shape index (κ3) is 3.62. The minimum absolute atomic E-state index is 0.222. The van der Waals surface area contributed by atoms with Gasteiger partial charge in [-0.2, -0.15) is 0 Å². The number of rotatable bonds is 4. The molecule has 1 aliphatic rings. The largest absolute Gasteiger partial charge is 0.420 e. The lowest BCUT2D eigenvalue weighted by Gasteiger charge is -2.30. The zero-order valence-electron chi connectivity index (χ0n) is 14.1. The van der Waals surface area contributed by atoms with Gasteiger partial charge in [-0.25, -0.2) is 8.78 Å². The number of hydrogen-bond acceptors (Lipinski definition) is 5. The summed E-state index contributed by atoms with van der Waals surface area (Å²) in [5.74, 6) is -0.226. The SMILES string of the molecule is Fc1ccc(CN2CCC(c3nnc(-c4ccncc4)o3)CC2)cc1F. The molecule has 0 N–H and O–H groups in total. The normalized spacial score (nSPS) is 16.1. The Kier molecular flexibility index (Phi) is 4.71. The molecule has 1 fully saturated rings. The number of piperidine rings is 1. The number of aromatic nitrogens is 3. The average molecular weight is 356 g/mol. The Balaban J connectivity index is 1.36. The molecule has 0 amide bonds. The van der Waals surface area contributed by atoms with Crippen LogP contribution in [0.15, 0.2) is 47.1 Å². The summed E-state index contributed by atoms with van der Waals surface area (Å²) in [6, 6.07) is 7.74.